The van der Waals surface area contributed by atoms with Gasteiger partial charge in [0.05, 0.1) is 15.7 Å². The lowest BCUT2D eigenvalue weighted by Gasteiger charge is -2.20. The molecule has 0 aliphatic rings. The maximum absolute atomic E-state index is 13.9. The van der Waals surface area contributed by atoms with Gasteiger partial charge in [-0.2, -0.15) is 0 Å². The molecule has 0 spiro atoms. The minimum absolute atomic E-state index is 0.101. The van der Waals surface area contributed by atoms with Gasteiger partial charge in [0.2, 0.25) is 0 Å². The summed E-state index contributed by atoms with van der Waals surface area (Å²) in [6, 6.07) is 3.85. The van der Waals surface area contributed by atoms with Crippen molar-refractivity contribution in [3.8, 4) is 0 Å². The van der Waals surface area contributed by atoms with Crippen LogP contribution in [0, 0.1) is 19.7 Å². The smallest absolute Gasteiger partial charge is 0.412 e. The molecule has 8 heteroatoms. The molecule has 2 amide bonds. The first kappa shape index (κ1) is 20.0. The number of amides is 2. The highest BCUT2D eigenvalue weighted by Crippen LogP contribution is 2.28. The maximum atomic E-state index is 13.9. The Balaban J connectivity index is 2.19. The largest absolute Gasteiger partial charge is 0.465 e. The number of furan rings is 1. The summed E-state index contributed by atoms with van der Waals surface area (Å²) in [5.74, 6) is -0.0217. The fourth-order valence-electron chi connectivity index (χ4n) is 2.22. The molecule has 6 nitrogen and oxygen atoms in total. The van der Waals surface area contributed by atoms with E-state index in [9.17, 15) is 14.0 Å². The quantitative estimate of drug-likeness (QED) is 0.688. The van der Waals surface area contributed by atoms with E-state index in [1.807, 2.05) is 0 Å². The van der Waals surface area contributed by atoms with E-state index in [1.165, 1.54) is 12.1 Å². The van der Waals surface area contributed by atoms with Crippen molar-refractivity contribution >= 4 is 39.3 Å². The number of rotatable bonds is 3. The maximum Gasteiger partial charge on any atom is 0.412 e. The summed E-state index contributed by atoms with van der Waals surface area (Å²) in [6.45, 7) is 8.51. The molecular formula is C18H20BrFN2O4. The van der Waals surface area contributed by atoms with Crippen molar-refractivity contribution in [1.82, 2.24) is 0 Å². The lowest BCUT2D eigenvalue weighted by molar-refractivity contribution is 0.0635. The van der Waals surface area contributed by atoms with Crippen LogP contribution in [0.1, 0.15) is 42.6 Å². The molecule has 0 atom stereocenters. The molecule has 0 aliphatic carbocycles. The first-order valence-electron chi connectivity index (χ1n) is 7.84. The second-order valence-corrected chi connectivity index (χ2v) is 7.47. The van der Waals surface area contributed by atoms with Crippen molar-refractivity contribution in [2.75, 3.05) is 10.6 Å². The summed E-state index contributed by atoms with van der Waals surface area (Å²) < 4.78 is 25.0. The predicted octanol–water partition coefficient (Wildman–Crippen LogP) is 5.40. The van der Waals surface area contributed by atoms with Crippen LogP contribution >= 0.6 is 15.9 Å². The Morgan fingerprint density at radius 3 is 2.35 bits per heavy atom. The van der Waals surface area contributed by atoms with Gasteiger partial charge < -0.3 is 14.5 Å². The van der Waals surface area contributed by atoms with E-state index in [4.69, 9.17) is 9.15 Å². The van der Waals surface area contributed by atoms with Gasteiger partial charge in [-0.25, -0.2) is 9.18 Å². The van der Waals surface area contributed by atoms with E-state index in [2.05, 4.69) is 26.6 Å². The monoisotopic (exact) mass is 426 g/mol. The number of carbonyl (C=O) groups excluding carboxylic acids is 2. The molecule has 0 fully saturated rings. The number of aryl methyl sites for hydroxylation is 2. The average molecular weight is 427 g/mol. The third-order valence-electron chi connectivity index (χ3n) is 3.27. The number of nitrogens with one attached hydrogen (secondary N) is 2. The Morgan fingerprint density at radius 2 is 1.81 bits per heavy atom. The minimum atomic E-state index is -0.788. The molecule has 1 aromatic heterocycles. The van der Waals surface area contributed by atoms with Gasteiger partial charge in [0, 0.05) is 5.69 Å². The zero-order chi connectivity index (χ0) is 19.6. The van der Waals surface area contributed by atoms with Crippen LogP contribution in [-0.4, -0.2) is 17.6 Å². The molecule has 2 aromatic rings. The molecule has 26 heavy (non-hydrogen) atoms. The van der Waals surface area contributed by atoms with Crippen LogP contribution in [0.25, 0.3) is 0 Å². The molecule has 0 saturated carbocycles. The van der Waals surface area contributed by atoms with Gasteiger partial charge >= 0.3 is 6.09 Å². The number of hydrogen-bond donors (Lipinski definition) is 2. The van der Waals surface area contributed by atoms with Crippen LogP contribution in [0.5, 0.6) is 0 Å². The van der Waals surface area contributed by atoms with E-state index >= 15 is 0 Å². The van der Waals surface area contributed by atoms with Crippen molar-refractivity contribution < 1.29 is 23.1 Å². The minimum Gasteiger partial charge on any atom is -0.465 e. The van der Waals surface area contributed by atoms with Crippen LogP contribution in [0.3, 0.4) is 0 Å². The Kier molecular flexibility index (Phi) is 5.75. The third kappa shape index (κ3) is 4.85. The van der Waals surface area contributed by atoms with Crippen molar-refractivity contribution in [2.45, 2.75) is 40.2 Å². The van der Waals surface area contributed by atoms with Gasteiger partial charge in [0.1, 0.15) is 22.9 Å². The molecule has 0 saturated heterocycles. The Morgan fingerprint density at radius 1 is 1.15 bits per heavy atom. The highest BCUT2D eigenvalue weighted by molar-refractivity contribution is 9.10. The predicted molar refractivity (Wildman–Crippen MR) is 100 cm³/mol. The molecule has 1 heterocycles. The van der Waals surface area contributed by atoms with Gasteiger partial charge in [0.25, 0.3) is 5.91 Å². The summed E-state index contributed by atoms with van der Waals surface area (Å²) in [4.78, 5) is 24.3. The summed E-state index contributed by atoms with van der Waals surface area (Å²) in [5.41, 5.74) is -0.146. The van der Waals surface area contributed by atoms with Crippen molar-refractivity contribution in [2.24, 2.45) is 0 Å². The van der Waals surface area contributed by atoms with E-state index < -0.39 is 23.4 Å². The van der Waals surface area contributed by atoms with Crippen molar-refractivity contribution in [3.63, 3.8) is 0 Å². The van der Waals surface area contributed by atoms with Gasteiger partial charge in [-0.1, -0.05) is 0 Å². The molecule has 0 aliphatic heterocycles. The van der Waals surface area contributed by atoms with Gasteiger partial charge in [0.15, 0.2) is 0 Å². The number of anilines is 2. The van der Waals surface area contributed by atoms with Crippen LogP contribution in [0.4, 0.5) is 20.6 Å². The summed E-state index contributed by atoms with van der Waals surface area (Å²) in [5, 5.41) is 4.99. The fraction of sp³-hybridized carbons (Fsp3) is 0.333. The van der Waals surface area contributed by atoms with Gasteiger partial charge in [-0.05, 0) is 68.7 Å². The fourth-order valence-corrected chi connectivity index (χ4v) is 2.76. The molecular weight excluding hydrogens is 407 g/mol. The second kappa shape index (κ2) is 7.49. The Labute approximate surface area is 159 Å². The van der Waals surface area contributed by atoms with E-state index in [1.54, 1.807) is 34.6 Å². The van der Waals surface area contributed by atoms with E-state index in [0.717, 1.165) is 6.07 Å². The van der Waals surface area contributed by atoms with Crippen LogP contribution in [0.2, 0.25) is 0 Å². The normalized spacial score (nSPS) is 11.2. The first-order valence-corrected chi connectivity index (χ1v) is 8.63. The first-order chi connectivity index (χ1) is 12.0. The van der Waals surface area contributed by atoms with Gasteiger partial charge in [-0.15, -0.1) is 0 Å². The Hall–Kier alpha value is -2.35. The lowest BCUT2D eigenvalue weighted by Crippen LogP contribution is -2.27. The summed E-state index contributed by atoms with van der Waals surface area (Å²) in [6.07, 6.45) is -0.788. The topological polar surface area (TPSA) is 80.6 Å². The van der Waals surface area contributed by atoms with Crippen LogP contribution < -0.4 is 10.6 Å². The van der Waals surface area contributed by atoms with Crippen LogP contribution in [-0.2, 0) is 4.74 Å². The van der Waals surface area contributed by atoms with Crippen LogP contribution in [0.15, 0.2) is 27.1 Å². The van der Waals surface area contributed by atoms with Crippen molar-refractivity contribution in [3.05, 3.63) is 45.6 Å². The Bertz CT molecular complexity index is 856. The highest BCUT2D eigenvalue weighted by atomic mass is 79.9. The summed E-state index contributed by atoms with van der Waals surface area (Å²) >= 11 is 3.31. The zero-order valence-corrected chi connectivity index (χ0v) is 16.7. The highest BCUT2D eigenvalue weighted by Gasteiger charge is 2.21. The third-order valence-corrected chi connectivity index (χ3v) is 4.23. The molecule has 1 aromatic carbocycles. The van der Waals surface area contributed by atoms with E-state index in [0.29, 0.717) is 27.2 Å². The number of carbonyl (C=O) groups is 2. The zero-order valence-electron chi connectivity index (χ0n) is 15.1. The molecule has 0 unspecified atom stereocenters. The number of ether oxygens (including phenoxy) is 1. The standard InChI is InChI=1S/C18H20BrFN2O4/c1-9-14(15(19)10(2)25-9)16(23)21-11-6-7-12(20)13(8-11)22-17(24)26-18(3,4)5/h6-8H,1-5H3,(H,21,23)(H,22,24). The number of hydrogen-bond acceptors (Lipinski definition) is 4. The lowest BCUT2D eigenvalue weighted by atomic mass is 10.2. The van der Waals surface area contributed by atoms with E-state index in [-0.39, 0.29) is 5.69 Å². The van der Waals surface area contributed by atoms with Crippen molar-refractivity contribution in [1.29, 1.82) is 0 Å². The average Bonchev–Trinajstić information content (AvgIpc) is 2.73. The molecule has 2 N–H and O–H groups in total. The number of benzene rings is 1. The summed E-state index contributed by atoms with van der Waals surface area (Å²) in [7, 11) is 0. The number of halogens is 2. The molecule has 2 rings (SSSR count). The SMILES string of the molecule is Cc1oc(C)c(C(=O)Nc2ccc(F)c(NC(=O)OC(C)(C)C)c2)c1Br. The molecule has 0 radical (unpaired) electrons. The van der Waals surface area contributed by atoms with Gasteiger partial charge in [-0.3, -0.25) is 10.1 Å². The molecule has 140 valence electrons. The second-order valence-electron chi connectivity index (χ2n) is 6.68. The molecule has 0 bridgehead atoms.